The van der Waals surface area contributed by atoms with Crippen molar-refractivity contribution in [2.45, 2.75) is 17.9 Å². The highest BCUT2D eigenvalue weighted by Crippen LogP contribution is 2.45. The Morgan fingerprint density at radius 3 is 2.38 bits per heavy atom. The fraction of sp³-hybridized carbons (Fsp3) is 0.263. The number of hydrogen-bond acceptors (Lipinski definition) is 4. The Balaban J connectivity index is 2.20. The van der Waals surface area contributed by atoms with Crippen LogP contribution in [0.2, 0.25) is 5.02 Å². The van der Waals surface area contributed by atoms with Crippen LogP contribution in [-0.4, -0.2) is 35.9 Å². The third kappa shape index (κ3) is 3.75. The van der Waals surface area contributed by atoms with Crippen molar-refractivity contribution in [3.8, 4) is 5.75 Å². The number of benzene rings is 2. The van der Waals surface area contributed by atoms with E-state index in [1.165, 1.54) is 54.9 Å². The summed E-state index contributed by atoms with van der Waals surface area (Å²) >= 11 is 5.79. The van der Waals surface area contributed by atoms with E-state index in [2.05, 4.69) is 5.32 Å². The van der Waals surface area contributed by atoms with E-state index >= 15 is 0 Å². The predicted octanol–water partition coefficient (Wildman–Crippen LogP) is 3.45. The molecule has 3 rings (SSSR count). The number of hydrogen-bond donors (Lipinski definition) is 3. The molecule has 1 saturated heterocycles. The molecule has 154 valence electrons. The molecule has 3 N–H and O–H groups in total. The van der Waals surface area contributed by atoms with Crippen LogP contribution in [0.3, 0.4) is 0 Å². The maximum absolute atomic E-state index is 13.9. The Labute approximate surface area is 168 Å². The molecule has 2 aromatic carbocycles. The number of carbonyl (C=O) groups is 2. The summed E-state index contributed by atoms with van der Waals surface area (Å²) in [5.74, 6) is -3.03. The van der Waals surface area contributed by atoms with Crippen LogP contribution in [0, 0.1) is 5.92 Å². The van der Waals surface area contributed by atoms with Gasteiger partial charge in [0, 0.05) is 16.1 Å². The minimum Gasteiger partial charge on any atom is -0.496 e. The van der Waals surface area contributed by atoms with Crippen LogP contribution >= 0.6 is 11.6 Å². The zero-order valence-corrected chi connectivity index (χ0v) is 15.7. The predicted molar refractivity (Wildman–Crippen MR) is 97.7 cm³/mol. The highest BCUT2D eigenvalue weighted by molar-refractivity contribution is 6.30. The first-order valence-corrected chi connectivity index (χ1v) is 8.76. The molecule has 1 fully saturated rings. The first-order valence-electron chi connectivity index (χ1n) is 8.39. The largest absolute Gasteiger partial charge is 0.496 e. The average molecular weight is 429 g/mol. The van der Waals surface area contributed by atoms with Gasteiger partial charge in [-0.2, -0.15) is 13.2 Å². The van der Waals surface area contributed by atoms with Crippen molar-refractivity contribution in [2.75, 3.05) is 7.11 Å². The van der Waals surface area contributed by atoms with Crippen molar-refractivity contribution in [1.82, 2.24) is 10.6 Å². The summed E-state index contributed by atoms with van der Waals surface area (Å²) in [6.45, 7) is 0. The van der Waals surface area contributed by atoms with Gasteiger partial charge in [0.25, 0.3) is 0 Å². The summed E-state index contributed by atoms with van der Waals surface area (Å²) in [5.41, 5.74) is -3.81. The normalized spacial score (nSPS) is 24.4. The number of ketones is 1. The third-order valence-corrected chi connectivity index (χ3v) is 4.94. The summed E-state index contributed by atoms with van der Waals surface area (Å²) < 4.78 is 46.8. The van der Waals surface area contributed by atoms with Crippen LogP contribution in [0.5, 0.6) is 5.75 Å². The lowest BCUT2D eigenvalue weighted by molar-refractivity contribution is -0.287. The molecule has 0 aromatic heterocycles. The minimum atomic E-state index is -5.34. The number of alkyl halides is 3. The molecule has 2 amide bonds. The van der Waals surface area contributed by atoms with Crippen molar-refractivity contribution in [1.29, 1.82) is 0 Å². The van der Waals surface area contributed by atoms with Crippen LogP contribution in [0.1, 0.15) is 22.0 Å². The van der Waals surface area contributed by atoms with Gasteiger partial charge >= 0.3 is 12.2 Å². The van der Waals surface area contributed by atoms with Gasteiger partial charge in [0.1, 0.15) is 11.7 Å². The Morgan fingerprint density at radius 1 is 1.17 bits per heavy atom. The van der Waals surface area contributed by atoms with Crippen LogP contribution in [0.15, 0.2) is 48.5 Å². The molecule has 0 bridgehead atoms. The number of halogens is 4. The lowest BCUT2D eigenvalue weighted by atomic mass is 9.77. The first-order chi connectivity index (χ1) is 13.6. The van der Waals surface area contributed by atoms with Gasteiger partial charge in [-0.05, 0) is 30.3 Å². The standard InChI is InChI=1S/C19H16ClF3N2O4/c1-29-13-5-3-2-4-12(13)15-14(16(26)10-6-8-11(20)9-7-10)18(28,19(21,22)23)25-17(27)24-15/h2-9,14-15,28H,1H3,(H2,24,25,27)/t14-,15-,18+/m1/s1. The molecular weight excluding hydrogens is 413 g/mol. The molecule has 0 saturated carbocycles. The van der Waals surface area contributed by atoms with Crippen LogP contribution in [-0.2, 0) is 0 Å². The number of para-hydroxylation sites is 1. The number of methoxy groups -OCH3 is 1. The Morgan fingerprint density at radius 2 is 1.79 bits per heavy atom. The van der Waals surface area contributed by atoms with Gasteiger partial charge in [-0.3, -0.25) is 4.79 Å². The Kier molecular flexibility index (Phi) is 5.46. The molecule has 6 nitrogen and oxygen atoms in total. The van der Waals surface area contributed by atoms with E-state index in [9.17, 15) is 27.9 Å². The zero-order chi connectivity index (χ0) is 21.4. The summed E-state index contributed by atoms with van der Waals surface area (Å²) in [6, 6.07) is 8.36. The highest BCUT2D eigenvalue weighted by atomic mass is 35.5. The molecule has 1 heterocycles. The fourth-order valence-electron chi connectivity index (χ4n) is 3.32. The van der Waals surface area contributed by atoms with Crippen LogP contribution in [0.4, 0.5) is 18.0 Å². The monoisotopic (exact) mass is 428 g/mol. The molecule has 1 aliphatic heterocycles. The number of rotatable bonds is 4. The van der Waals surface area contributed by atoms with Crippen molar-refractivity contribution in [2.24, 2.45) is 5.92 Å². The summed E-state index contributed by atoms with van der Waals surface area (Å²) in [5, 5.41) is 14.6. The molecule has 29 heavy (non-hydrogen) atoms. The third-order valence-electron chi connectivity index (χ3n) is 4.69. The summed E-state index contributed by atoms with van der Waals surface area (Å²) in [7, 11) is 1.30. The zero-order valence-electron chi connectivity index (χ0n) is 15.0. The van der Waals surface area contributed by atoms with Gasteiger partial charge < -0.3 is 20.5 Å². The van der Waals surface area contributed by atoms with E-state index < -0.39 is 35.7 Å². The van der Waals surface area contributed by atoms with Gasteiger partial charge in [0.2, 0.25) is 5.72 Å². The number of Topliss-reactive ketones (excluding diaryl/α,β-unsaturated/α-hetero) is 1. The second-order valence-electron chi connectivity index (χ2n) is 6.43. The number of nitrogens with one attached hydrogen (secondary N) is 2. The van der Waals surface area contributed by atoms with Crippen LogP contribution < -0.4 is 15.4 Å². The molecular formula is C19H16ClF3N2O4. The van der Waals surface area contributed by atoms with Gasteiger partial charge in [0.05, 0.1) is 13.2 Å². The summed E-state index contributed by atoms with van der Waals surface area (Å²) in [6.07, 6.45) is -5.34. The average Bonchev–Trinajstić information content (AvgIpc) is 2.66. The molecule has 1 aliphatic rings. The first kappa shape index (κ1) is 20.9. The van der Waals surface area contributed by atoms with Crippen molar-refractivity contribution < 1.29 is 32.6 Å². The molecule has 0 aliphatic carbocycles. The second-order valence-corrected chi connectivity index (χ2v) is 6.87. The van der Waals surface area contributed by atoms with Crippen molar-refractivity contribution in [3.05, 3.63) is 64.7 Å². The van der Waals surface area contributed by atoms with E-state index in [1.54, 1.807) is 6.07 Å². The molecule has 2 aromatic rings. The lowest BCUT2D eigenvalue weighted by Gasteiger charge is -2.45. The van der Waals surface area contributed by atoms with Crippen molar-refractivity contribution in [3.63, 3.8) is 0 Å². The van der Waals surface area contributed by atoms with E-state index in [-0.39, 0.29) is 21.9 Å². The van der Waals surface area contributed by atoms with Gasteiger partial charge in [-0.25, -0.2) is 4.79 Å². The van der Waals surface area contributed by atoms with Gasteiger partial charge in [0.15, 0.2) is 5.78 Å². The maximum Gasteiger partial charge on any atom is 0.437 e. The minimum absolute atomic E-state index is 0.111. The smallest absolute Gasteiger partial charge is 0.437 e. The fourth-order valence-corrected chi connectivity index (χ4v) is 3.44. The Bertz CT molecular complexity index is 936. The topological polar surface area (TPSA) is 87.7 Å². The quantitative estimate of drug-likeness (QED) is 0.651. The van der Waals surface area contributed by atoms with Gasteiger partial charge in [-0.15, -0.1) is 0 Å². The van der Waals surface area contributed by atoms with E-state index in [0.717, 1.165) is 0 Å². The number of aliphatic hydroxyl groups is 1. The Hall–Kier alpha value is -2.78. The molecule has 0 radical (unpaired) electrons. The number of amides is 2. The summed E-state index contributed by atoms with van der Waals surface area (Å²) in [4.78, 5) is 25.1. The molecule has 0 unspecified atom stereocenters. The van der Waals surface area contributed by atoms with E-state index in [1.807, 2.05) is 0 Å². The highest BCUT2D eigenvalue weighted by Gasteiger charge is 2.66. The van der Waals surface area contributed by atoms with Crippen LogP contribution in [0.25, 0.3) is 0 Å². The lowest BCUT2D eigenvalue weighted by Crippen LogP contribution is -2.72. The number of carbonyl (C=O) groups excluding carboxylic acids is 2. The molecule has 10 heteroatoms. The SMILES string of the molecule is COc1ccccc1[C@H]1NC(=O)N[C@@](O)(C(F)(F)F)[C@H]1C(=O)c1ccc(Cl)cc1. The van der Waals surface area contributed by atoms with Gasteiger partial charge in [-0.1, -0.05) is 29.8 Å². The van der Waals surface area contributed by atoms with Crippen molar-refractivity contribution >= 4 is 23.4 Å². The molecule has 3 atom stereocenters. The number of ether oxygens (including phenoxy) is 1. The number of urea groups is 1. The van der Waals surface area contributed by atoms with E-state index in [0.29, 0.717) is 0 Å². The molecule has 0 spiro atoms. The van der Waals surface area contributed by atoms with E-state index in [4.69, 9.17) is 16.3 Å². The maximum atomic E-state index is 13.9. The second kappa shape index (κ2) is 7.57.